The standard InChI is InChI=1S/C15H20Br2N2O/c1-19(2)15(5-3-4-6-15)10-18-14(20)11-7-12(16)9-13(17)8-11/h7-9H,3-6,10H2,1-2H3,(H,18,20). The first-order chi connectivity index (χ1) is 9.43. The molecule has 0 aliphatic heterocycles. The summed E-state index contributed by atoms with van der Waals surface area (Å²) in [5.74, 6) is -0.0138. The summed E-state index contributed by atoms with van der Waals surface area (Å²) in [4.78, 5) is 14.6. The summed E-state index contributed by atoms with van der Waals surface area (Å²) in [6.07, 6.45) is 4.80. The van der Waals surface area contributed by atoms with Gasteiger partial charge in [-0.25, -0.2) is 0 Å². The monoisotopic (exact) mass is 402 g/mol. The molecule has 0 aromatic heterocycles. The number of hydrogen-bond acceptors (Lipinski definition) is 2. The molecule has 1 amide bonds. The fraction of sp³-hybridized carbons (Fsp3) is 0.533. The Kier molecular flexibility index (Phi) is 5.26. The van der Waals surface area contributed by atoms with Crippen LogP contribution in [0.4, 0.5) is 0 Å². The SMILES string of the molecule is CN(C)C1(CNC(=O)c2cc(Br)cc(Br)c2)CCCC1. The summed E-state index contributed by atoms with van der Waals surface area (Å²) in [6.45, 7) is 0.711. The van der Waals surface area contributed by atoms with Crippen LogP contribution in [0, 0.1) is 0 Å². The Morgan fingerprint density at radius 2 is 1.75 bits per heavy atom. The molecule has 3 nitrogen and oxygen atoms in total. The molecular weight excluding hydrogens is 384 g/mol. The third-order valence-electron chi connectivity index (χ3n) is 4.19. The van der Waals surface area contributed by atoms with Crippen LogP contribution < -0.4 is 5.32 Å². The Morgan fingerprint density at radius 3 is 2.25 bits per heavy atom. The van der Waals surface area contributed by atoms with Crippen molar-refractivity contribution >= 4 is 37.8 Å². The zero-order chi connectivity index (χ0) is 14.8. The van der Waals surface area contributed by atoms with E-state index in [1.165, 1.54) is 12.8 Å². The van der Waals surface area contributed by atoms with E-state index in [4.69, 9.17) is 0 Å². The van der Waals surface area contributed by atoms with Crippen LogP contribution in [0.25, 0.3) is 0 Å². The predicted octanol–water partition coefficient (Wildman–Crippen LogP) is 3.82. The van der Waals surface area contributed by atoms with Gasteiger partial charge in [-0.3, -0.25) is 4.79 Å². The molecule has 2 rings (SSSR count). The van der Waals surface area contributed by atoms with Gasteiger partial charge in [0.1, 0.15) is 0 Å². The summed E-state index contributed by atoms with van der Waals surface area (Å²) in [5, 5.41) is 3.10. The van der Waals surface area contributed by atoms with Gasteiger partial charge >= 0.3 is 0 Å². The lowest BCUT2D eigenvalue weighted by atomic mass is 9.96. The van der Waals surface area contributed by atoms with E-state index in [0.717, 1.165) is 21.8 Å². The number of nitrogens with one attached hydrogen (secondary N) is 1. The Labute approximate surface area is 137 Å². The van der Waals surface area contributed by atoms with Gasteiger partial charge in [0, 0.05) is 26.6 Å². The lowest BCUT2D eigenvalue weighted by Gasteiger charge is -2.36. The molecule has 0 unspecified atom stereocenters. The van der Waals surface area contributed by atoms with E-state index in [-0.39, 0.29) is 11.4 Å². The van der Waals surface area contributed by atoms with E-state index < -0.39 is 0 Å². The lowest BCUT2D eigenvalue weighted by molar-refractivity contribution is 0.0900. The van der Waals surface area contributed by atoms with E-state index in [2.05, 4.69) is 56.2 Å². The Morgan fingerprint density at radius 1 is 1.20 bits per heavy atom. The minimum atomic E-state index is -0.0138. The van der Waals surface area contributed by atoms with Crippen molar-refractivity contribution in [2.75, 3.05) is 20.6 Å². The van der Waals surface area contributed by atoms with E-state index in [1.54, 1.807) is 0 Å². The topological polar surface area (TPSA) is 32.3 Å². The van der Waals surface area contributed by atoms with Crippen molar-refractivity contribution in [1.82, 2.24) is 10.2 Å². The summed E-state index contributed by atoms with van der Waals surface area (Å²) in [7, 11) is 4.21. The summed E-state index contributed by atoms with van der Waals surface area (Å²) in [6, 6.07) is 5.61. The van der Waals surface area contributed by atoms with Crippen molar-refractivity contribution < 1.29 is 4.79 Å². The normalized spacial score (nSPS) is 17.4. The van der Waals surface area contributed by atoms with Crippen molar-refractivity contribution in [2.24, 2.45) is 0 Å². The van der Waals surface area contributed by atoms with Crippen molar-refractivity contribution in [2.45, 2.75) is 31.2 Å². The molecule has 1 aliphatic rings. The van der Waals surface area contributed by atoms with E-state index in [9.17, 15) is 4.79 Å². The van der Waals surface area contributed by atoms with Crippen LogP contribution >= 0.6 is 31.9 Å². The van der Waals surface area contributed by atoms with Crippen LogP contribution in [0.15, 0.2) is 27.1 Å². The third-order valence-corrected chi connectivity index (χ3v) is 5.10. The number of carbonyl (C=O) groups is 1. The average molecular weight is 404 g/mol. The molecule has 0 spiro atoms. The highest BCUT2D eigenvalue weighted by molar-refractivity contribution is 9.11. The van der Waals surface area contributed by atoms with Crippen LogP contribution in [-0.2, 0) is 0 Å². The van der Waals surface area contributed by atoms with Gasteiger partial charge in [-0.05, 0) is 45.1 Å². The van der Waals surface area contributed by atoms with Gasteiger partial charge in [-0.1, -0.05) is 44.7 Å². The van der Waals surface area contributed by atoms with Gasteiger partial charge in [-0.15, -0.1) is 0 Å². The molecule has 5 heteroatoms. The van der Waals surface area contributed by atoms with Gasteiger partial charge in [0.05, 0.1) is 0 Å². The Bertz CT molecular complexity index is 476. The van der Waals surface area contributed by atoms with Gasteiger partial charge < -0.3 is 10.2 Å². The van der Waals surface area contributed by atoms with Crippen molar-refractivity contribution in [3.8, 4) is 0 Å². The van der Waals surface area contributed by atoms with Gasteiger partial charge in [0.25, 0.3) is 5.91 Å². The minimum Gasteiger partial charge on any atom is -0.350 e. The number of nitrogens with zero attached hydrogens (tertiary/aromatic N) is 1. The number of carbonyl (C=O) groups excluding carboxylic acids is 1. The minimum absolute atomic E-state index is 0.0138. The van der Waals surface area contributed by atoms with Crippen molar-refractivity contribution in [3.05, 3.63) is 32.7 Å². The maximum absolute atomic E-state index is 12.3. The quantitative estimate of drug-likeness (QED) is 0.828. The Hall–Kier alpha value is -0.390. The average Bonchev–Trinajstić information content (AvgIpc) is 2.84. The number of hydrogen-bond donors (Lipinski definition) is 1. The van der Waals surface area contributed by atoms with E-state index in [0.29, 0.717) is 12.1 Å². The summed E-state index contributed by atoms with van der Waals surface area (Å²) < 4.78 is 1.81. The molecule has 0 bridgehead atoms. The molecule has 1 N–H and O–H groups in total. The molecule has 0 saturated heterocycles. The van der Waals surface area contributed by atoms with E-state index in [1.807, 2.05) is 18.2 Å². The highest BCUT2D eigenvalue weighted by Crippen LogP contribution is 2.33. The van der Waals surface area contributed by atoms with Gasteiger partial charge in [0.2, 0.25) is 0 Å². The molecule has 1 aromatic carbocycles. The van der Waals surface area contributed by atoms with Crippen LogP contribution in [-0.4, -0.2) is 37.0 Å². The smallest absolute Gasteiger partial charge is 0.251 e. The maximum atomic E-state index is 12.3. The number of likely N-dealkylation sites (N-methyl/N-ethyl adjacent to an activating group) is 1. The molecular formula is C15H20Br2N2O. The number of halogens is 2. The first kappa shape index (κ1) is 16.0. The van der Waals surface area contributed by atoms with Crippen LogP contribution in [0.1, 0.15) is 36.0 Å². The Balaban J connectivity index is 2.04. The fourth-order valence-electron chi connectivity index (χ4n) is 2.85. The highest BCUT2D eigenvalue weighted by Gasteiger charge is 2.36. The molecule has 0 radical (unpaired) electrons. The van der Waals surface area contributed by atoms with Crippen molar-refractivity contribution in [3.63, 3.8) is 0 Å². The van der Waals surface area contributed by atoms with Crippen molar-refractivity contribution in [1.29, 1.82) is 0 Å². The highest BCUT2D eigenvalue weighted by atomic mass is 79.9. The molecule has 1 aliphatic carbocycles. The predicted molar refractivity (Wildman–Crippen MR) is 89.1 cm³/mol. The molecule has 1 aromatic rings. The lowest BCUT2D eigenvalue weighted by Crippen LogP contribution is -2.50. The first-order valence-corrected chi connectivity index (χ1v) is 8.43. The number of amides is 1. The molecule has 1 fully saturated rings. The zero-order valence-electron chi connectivity index (χ0n) is 11.9. The summed E-state index contributed by atoms with van der Waals surface area (Å²) in [5.41, 5.74) is 0.803. The van der Waals surface area contributed by atoms with E-state index >= 15 is 0 Å². The number of rotatable bonds is 4. The largest absolute Gasteiger partial charge is 0.350 e. The van der Waals surface area contributed by atoms with Crippen LogP contribution in [0.5, 0.6) is 0 Å². The first-order valence-electron chi connectivity index (χ1n) is 6.85. The summed E-state index contributed by atoms with van der Waals surface area (Å²) >= 11 is 6.83. The van der Waals surface area contributed by atoms with Gasteiger partial charge in [-0.2, -0.15) is 0 Å². The fourth-order valence-corrected chi connectivity index (χ4v) is 4.14. The van der Waals surface area contributed by atoms with Crippen LogP contribution in [0.2, 0.25) is 0 Å². The molecule has 0 atom stereocenters. The second-order valence-corrected chi connectivity index (χ2v) is 7.50. The molecule has 20 heavy (non-hydrogen) atoms. The maximum Gasteiger partial charge on any atom is 0.251 e. The van der Waals surface area contributed by atoms with Crippen LogP contribution in [0.3, 0.4) is 0 Å². The molecule has 1 saturated carbocycles. The zero-order valence-corrected chi connectivity index (χ0v) is 15.1. The second-order valence-electron chi connectivity index (χ2n) is 5.67. The third kappa shape index (κ3) is 3.62. The molecule has 110 valence electrons. The van der Waals surface area contributed by atoms with Gasteiger partial charge in [0.15, 0.2) is 0 Å². The number of benzene rings is 1. The molecule has 0 heterocycles. The second kappa shape index (κ2) is 6.58.